The highest BCUT2D eigenvalue weighted by molar-refractivity contribution is 7.89. The second kappa shape index (κ2) is 14.5. The molecule has 1 saturated heterocycles. The minimum Gasteiger partial charge on any atom is -0.481 e. The zero-order chi connectivity index (χ0) is 31.7. The number of nitrogens with one attached hydrogen (secondary N) is 2. The first-order valence-electron chi connectivity index (χ1n) is 14.4. The molecule has 0 spiro atoms. The van der Waals surface area contributed by atoms with E-state index in [0.717, 1.165) is 12.0 Å². The van der Waals surface area contributed by atoms with E-state index in [1.54, 1.807) is 61.5 Å². The summed E-state index contributed by atoms with van der Waals surface area (Å²) in [5.41, 5.74) is 0.660. The molecule has 3 atom stereocenters. The van der Waals surface area contributed by atoms with Gasteiger partial charge in [-0.05, 0) is 88.5 Å². The number of aryl methyl sites for hydroxylation is 1. The maximum atomic E-state index is 13.8. The van der Waals surface area contributed by atoms with Gasteiger partial charge in [-0.2, -0.15) is 4.72 Å². The Balaban J connectivity index is 1.46. The van der Waals surface area contributed by atoms with Crippen LogP contribution < -0.4 is 14.8 Å². The number of benzene rings is 2. The number of carbonyl (C=O) groups is 3. The molecule has 10 nitrogen and oxygen atoms in total. The second-order valence-electron chi connectivity index (χ2n) is 10.7. The topological polar surface area (TPSA) is 148 Å². The first-order chi connectivity index (χ1) is 21.0. The van der Waals surface area contributed by atoms with Crippen LogP contribution in [0.25, 0.3) is 0 Å². The Kier molecular flexibility index (Phi) is 10.8. The summed E-state index contributed by atoms with van der Waals surface area (Å²) in [6.07, 6.45) is 6.43. The van der Waals surface area contributed by atoms with Gasteiger partial charge >= 0.3 is 11.9 Å². The molecule has 2 unspecified atom stereocenters. The number of carboxylic acids is 1. The fourth-order valence-electron chi connectivity index (χ4n) is 5.14. The van der Waals surface area contributed by atoms with E-state index in [4.69, 9.17) is 9.47 Å². The molecule has 0 bridgehead atoms. The summed E-state index contributed by atoms with van der Waals surface area (Å²) in [6, 6.07) is 10.6. The molecule has 0 aromatic heterocycles. The number of hydrogen-bond acceptors (Lipinski definition) is 8. The van der Waals surface area contributed by atoms with Crippen LogP contribution in [-0.2, 0) is 24.3 Å². The first-order valence-corrected chi connectivity index (χ1v) is 15.9. The minimum absolute atomic E-state index is 0.0546. The van der Waals surface area contributed by atoms with E-state index in [0.29, 0.717) is 29.9 Å². The Morgan fingerprint density at radius 1 is 1.14 bits per heavy atom. The Morgan fingerprint density at radius 2 is 1.86 bits per heavy atom. The molecule has 11 heteroatoms. The lowest BCUT2D eigenvalue weighted by Gasteiger charge is -2.35. The van der Waals surface area contributed by atoms with Gasteiger partial charge in [0.1, 0.15) is 18.4 Å². The van der Waals surface area contributed by atoms with E-state index in [-0.39, 0.29) is 36.7 Å². The Labute approximate surface area is 257 Å². The van der Waals surface area contributed by atoms with Crippen molar-refractivity contribution in [2.75, 3.05) is 19.8 Å². The lowest BCUT2D eigenvalue weighted by atomic mass is 9.70. The molecule has 0 radical (unpaired) electrons. The molecule has 0 saturated carbocycles. The number of allylic oxidation sites excluding steroid dienone is 4. The number of Topliss-reactive ketones (excluding diaryl/α,β-unsaturated/α-hetero) is 1. The van der Waals surface area contributed by atoms with Crippen LogP contribution in [0.3, 0.4) is 0 Å². The molecule has 2 aromatic rings. The third-order valence-corrected chi connectivity index (χ3v) is 9.03. The maximum Gasteiger partial charge on any atom is 0.338 e. The Bertz CT molecular complexity index is 1600. The fourth-order valence-corrected chi connectivity index (χ4v) is 6.32. The third-order valence-electron chi connectivity index (χ3n) is 7.54. The molecular weight excluding hydrogens is 584 g/mol. The number of hydrogen-bond donors (Lipinski definition) is 3. The Hall–Kier alpha value is -4.24. The van der Waals surface area contributed by atoms with Crippen LogP contribution in [0, 0.1) is 24.2 Å². The van der Waals surface area contributed by atoms with Crippen molar-refractivity contribution in [2.24, 2.45) is 5.41 Å². The molecule has 44 heavy (non-hydrogen) atoms. The molecule has 0 amide bonds. The molecule has 1 aliphatic heterocycles. The smallest absolute Gasteiger partial charge is 0.338 e. The monoisotopic (exact) mass is 620 g/mol. The zero-order valence-corrected chi connectivity index (χ0v) is 25.5. The highest BCUT2D eigenvalue weighted by Gasteiger charge is 2.44. The van der Waals surface area contributed by atoms with E-state index in [1.807, 2.05) is 6.92 Å². The number of rotatable bonds is 12. The van der Waals surface area contributed by atoms with E-state index in [1.165, 1.54) is 12.1 Å². The predicted octanol–water partition coefficient (Wildman–Crippen LogP) is 3.57. The molecule has 2 aromatic carbocycles. The van der Waals surface area contributed by atoms with E-state index < -0.39 is 39.5 Å². The lowest BCUT2D eigenvalue weighted by molar-refractivity contribution is -0.140. The summed E-state index contributed by atoms with van der Waals surface area (Å²) in [5.74, 6) is 4.48. The molecule has 2 aliphatic rings. The number of ether oxygens (including phenoxy) is 2. The van der Waals surface area contributed by atoms with Gasteiger partial charge in [-0.1, -0.05) is 41.7 Å². The van der Waals surface area contributed by atoms with E-state index in [2.05, 4.69) is 21.9 Å². The van der Waals surface area contributed by atoms with Gasteiger partial charge in [0.2, 0.25) is 10.0 Å². The van der Waals surface area contributed by atoms with Gasteiger partial charge in [-0.15, -0.1) is 0 Å². The van der Waals surface area contributed by atoms with Crippen LogP contribution in [0.2, 0.25) is 0 Å². The Morgan fingerprint density at radius 3 is 2.45 bits per heavy atom. The van der Waals surface area contributed by atoms with Crippen LogP contribution in [0.4, 0.5) is 0 Å². The van der Waals surface area contributed by atoms with Gasteiger partial charge in [0.15, 0.2) is 5.78 Å². The normalized spacial score (nSPS) is 20.1. The van der Waals surface area contributed by atoms with Crippen molar-refractivity contribution in [1.82, 2.24) is 10.0 Å². The van der Waals surface area contributed by atoms with Gasteiger partial charge < -0.3 is 19.9 Å². The SMILES string of the molecule is CCOC(=O)c1ccc(OCC#CC2=CCC(CC(NS(=O)(=O)c3ccc(C)cc3)C(=O)O)(C(=O)[C@@H]3CCCN3)C=C2)cc1. The number of carbonyl (C=O) groups excluding carboxylic acids is 2. The fraction of sp³-hybridized carbons (Fsp3) is 0.364. The average Bonchev–Trinajstić information content (AvgIpc) is 3.55. The number of carboxylic acid groups (broad SMARTS) is 1. The predicted molar refractivity (Wildman–Crippen MR) is 164 cm³/mol. The standard InChI is InChI=1S/C33H36N2O8S/c1-3-42-32(39)25-10-12-26(13-11-25)43-21-5-6-24-16-18-33(19-17-24,30(36)28-7-4-20-34-28)22-29(31(37)38)35-44(40,41)27-14-8-23(2)9-15-27/h8-18,28-29,34-35H,3-4,7,19-22H2,1-2H3,(H,37,38)/t28-,29?,33?/m0/s1. The molecule has 1 fully saturated rings. The summed E-state index contributed by atoms with van der Waals surface area (Å²) >= 11 is 0. The third kappa shape index (κ3) is 8.23. The van der Waals surface area contributed by atoms with E-state index >= 15 is 0 Å². The van der Waals surface area contributed by atoms with Crippen molar-refractivity contribution >= 4 is 27.7 Å². The summed E-state index contributed by atoms with van der Waals surface area (Å²) in [5, 5.41) is 13.2. The largest absolute Gasteiger partial charge is 0.481 e. The molecular formula is C33H36N2O8S. The lowest BCUT2D eigenvalue weighted by Crippen LogP contribution is -2.49. The van der Waals surface area contributed by atoms with Crippen molar-refractivity contribution in [3.63, 3.8) is 0 Å². The number of aliphatic carboxylic acids is 1. The average molecular weight is 621 g/mol. The van der Waals surface area contributed by atoms with Crippen LogP contribution in [0.5, 0.6) is 5.75 Å². The number of esters is 1. The summed E-state index contributed by atoms with van der Waals surface area (Å²) in [4.78, 5) is 37.8. The maximum absolute atomic E-state index is 13.8. The molecule has 232 valence electrons. The van der Waals surface area contributed by atoms with Crippen molar-refractivity contribution in [1.29, 1.82) is 0 Å². The van der Waals surface area contributed by atoms with Gasteiger partial charge in [0.05, 0.1) is 28.5 Å². The van der Waals surface area contributed by atoms with Crippen LogP contribution >= 0.6 is 0 Å². The number of sulfonamides is 1. The first kappa shape index (κ1) is 32.7. The van der Waals surface area contributed by atoms with Gasteiger partial charge in [0.25, 0.3) is 0 Å². The molecule has 3 N–H and O–H groups in total. The van der Waals surface area contributed by atoms with Crippen LogP contribution in [-0.4, -0.2) is 63.1 Å². The van der Waals surface area contributed by atoms with Gasteiger partial charge in [-0.25, -0.2) is 13.2 Å². The highest BCUT2D eigenvalue weighted by Crippen LogP contribution is 2.38. The number of ketones is 1. The second-order valence-corrected chi connectivity index (χ2v) is 12.4. The van der Waals surface area contributed by atoms with Gasteiger partial charge in [-0.3, -0.25) is 9.59 Å². The van der Waals surface area contributed by atoms with Crippen molar-refractivity contribution < 1.29 is 37.4 Å². The summed E-state index contributed by atoms with van der Waals surface area (Å²) < 4.78 is 39.0. The van der Waals surface area contributed by atoms with Crippen molar-refractivity contribution in [3.8, 4) is 17.6 Å². The molecule has 4 rings (SSSR count). The summed E-state index contributed by atoms with van der Waals surface area (Å²) in [6.45, 7) is 4.59. The zero-order valence-electron chi connectivity index (χ0n) is 24.7. The van der Waals surface area contributed by atoms with E-state index in [9.17, 15) is 27.9 Å². The summed E-state index contributed by atoms with van der Waals surface area (Å²) in [7, 11) is -4.16. The molecule has 1 heterocycles. The van der Waals surface area contributed by atoms with Crippen molar-refractivity contribution in [2.45, 2.75) is 56.5 Å². The van der Waals surface area contributed by atoms with Crippen molar-refractivity contribution in [3.05, 3.63) is 83.5 Å². The highest BCUT2D eigenvalue weighted by atomic mass is 32.2. The minimum atomic E-state index is -4.16. The molecule has 1 aliphatic carbocycles. The van der Waals surface area contributed by atoms with Crippen LogP contribution in [0.15, 0.2) is 77.2 Å². The van der Waals surface area contributed by atoms with Crippen LogP contribution in [0.1, 0.15) is 48.5 Å². The quantitative estimate of drug-likeness (QED) is 0.239. The van der Waals surface area contributed by atoms with Gasteiger partial charge in [0, 0.05) is 5.57 Å².